The minimum atomic E-state index is -0.403. The first kappa shape index (κ1) is 8.10. The first-order valence-corrected chi connectivity index (χ1v) is 4.36. The number of hydrogen-bond acceptors (Lipinski definition) is 2. The van der Waals surface area contributed by atoms with Crippen LogP contribution in [0.4, 0.5) is 0 Å². The summed E-state index contributed by atoms with van der Waals surface area (Å²) in [5.41, 5.74) is -0.0411. The second kappa shape index (κ2) is 2.25. The van der Waals surface area contributed by atoms with E-state index in [1.165, 1.54) is 0 Å². The minimum Gasteiger partial charge on any atom is -0.347 e. The van der Waals surface area contributed by atoms with E-state index in [1.807, 2.05) is 13.8 Å². The van der Waals surface area contributed by atoms with E-state index in [0.717, 1.165) is 12.8 Å². The fourth-order valence-electron chi connectivity index (χ4n) is 2.04. The maximum Gasteiger partial charge on any atom is 0.163 e. The Bertz CT molecular complexity index is 231. The fraction of sp³-hybridized carbons (Fsp3) is 0.800. The van der Waals surface area contributed by atoms with E-state index >= 15 is 0 Å². The number of rotatable bonds is 0. The number of terminal acetylenes is 1. The zero-order chi connectivity index (χ0) is 8.82. The van der Waals surface area contributed by atoms with Crippen molar-refractivity contribution in [2.75, 3.05) is 6.61 Å². The van der Waals surface area contributed by atoms with Gasteiger partial charge in [0.2, 0.25) is 0 Å². The Morgan fingerprint density at radius 1 is 1.42 bits per heavy atom. The van der Waals surface area contributed by atoms with E-state index in [4.69, 9.17) is 15.9 Å². The van der Waals surface area contributed by atoms with Gasteiger partial charge in [0.25, 0.3) is 0 Å². The van der Waals surface area contributed by atoms with Gasteiger partial charge < -0.3 is 9.47 Å². The lowest BCUT2D eigenvalue weighted by Crippen LogP contribution is -2.46. The molecule has 0 atom stereocenters. The van der Waals surface area contributed by atoms with Gasteiger partial charge in [-0.3, -0.25) is 0 Å². The van der Waals surface area contributed by atoms with E-state index in [1.54, 1.807) is 0 Å². The van der Waals surface area contributed by atoms with Crippen molar-refractivity contribution < 1.29 is 9.47 Å². The van der Waals surface area contributed by atoms with Gasteiger partial charge in [0.05, 0.1) is 12.2 Å². The molecule has 2 fully saturated rings. The predicted octanol–water partition coefficient (Wildman–Crippen LogP) is 1.55. The van der Waals surface area contributed by atoms with Crippen molar-refractivity contribution in [1.82, 2.24) is 0 Å². The van der Waals surface area contributed by atoms with Gasteiger partial charge in [-0.15, -0.1) is 12.3 Å². The van der Waals surface area contributed by atoms with Crippen LogP contribution < -0.4 is 0 Å². The van der Waals surface area contributed by atoms with Crippen LogP contribution in [0.5, 0.6) is 0 Å². The highest BCUT2D eigenvalue weighted by molar-refractivity contribution is 5.10. The Morgan fingerprint density at radius 3 is 2.50 bits per heavy atom. The summed E-state index contributed by atoms with van der Waals surface area (Å²) in [4.78, 5) is 0. The van der Waals surface area contributed by atoms with Crippen LogP contribution in [0, 0.1) is 18.3 Å². The second-order valence-corrected chi connectivity index (χ2v) is 4.25. The first-order chi connectivity index (χ1) is 5.55. The van der Waals surface area contributed by atoms with Gasteiger partial charge in [-0.1, -0.05) is 0 Å². The number of ether oxygens (including phenoxy) is 2. The summed E-state index contributed by atoms with van der Waals surface area (Å²) in [6.45, 7) is 4.61. The molecule has 0 bridgehead atoms. The molecule has 0 aromatic heterocycles. The molecule has 2 aliphatic rings. The molecule has 0 aromatic carbocycles. The van der Waals surface area contributed by atoms with Crippen LogP contribution in [0.3, 0.4) is 0 Å². The Hall–Kier alpha value is -0.520. The zero-order valence-corrected chi connectivity index (χ0v) is 7.59. The van der Waals surface area contributed by atoms with Gasteiger partial charge in [-0.25, -0.2) is 0 Å². The highest BCUT2D eigenvalue weighted by atomic mass is 16.8. The van der Waals surface area contributed by atoms with E-state index in [2.05, 4.69) is 5.92 Å². The molecule has 1 heterocycles. The molecule has 2 heteroatoms. The van der Waals surface area contributed by atoms with Crippen LogP contribution in [-0.4, -0.2) is 18.0 Å². The van der Waals surface area contributed by atoms with Crippen molar-refractivity contribution >= 4 is 0 Å². The molecule has 0 amide bonds. The van der Waals surface area contributed by atoms with E-state index in [-0.39, 0.29) is 5.60 Å². The van der Waals surface area contributed by atoms with Crippen molar-refractivity contribution in [2.45, 2.75) is 38.1 Å². The normalized spacial score (nSPS) is 43.9. The highest BCUT2D eigenvalue weighted by Crippen LogP contribution is 2.47. The maximum absolute atomic E-state index is 5.79. The first-order valence-electron chi connectivity index (χ1n) is 4.36. The molecule has 0 aromatic rings. The summed E-state index contributed by atoms with van der Waals surface area (Å²) in [7, 11) is 0. The molecule has 1 aliphatic heterocycles. The van der Waals surface area contributed by atoms with Crippen LogP contribution in [-0.2, 0) is 9.47 Å². The lowest BCUT2D eigenvalue weighted by Gasteiger charge is -2.41. The summed E-state index contributed by atoms with van der Waals surface area (Å²) < 4.78 is 11.3. The Labute approximate surface area is 73.2 Å². The van der Waals surface area contributed by atoms with Gasteiger partial charge >= 0.3 is 0 Å². The molecule has 0 unspecified atom stereocenters. The van der Waals surface area contributed by atoms with Crippen molar-refractivity contribution in [1.29, 1.82) is 0 Å². The summed E-state index contributed by atoms with van der Waals surface area (Å²) in [6, 6.07) is 0. The van der Waals surface area contributed by atoms with Gasteiger partial charge in [0.1, 0.15) is 0 Å². The molecule has 1 saturated heterocycles. The van der Waals surface area contributed by atoms with Crippen molar-refractivity contribution in [3.63, 3.8) is 0 Å². The summed E-state index contributed by atoms with van der Waals surface area (Å²) >= 11 is 0. The molecule has 12 heavy (non-hydrogen) atoms. The number of hydrogen-bond donors (Lipinski definition) is 0. The van der Waals surface area contributed by atoms with Crippen LogP contribution in [0.15, 0.2) is 0 Å². The van der Waals surface area contributed by atoms with Crippen molar-refractivity contribution in [3.8, 4) is 12.3 Å². The molecule has 0 radical (unpaired) electrons. The SMILES string of the molecule is C#C[C@H]1C[C@@]2(COC(C)(C)O2)C1. The molecule has 2 nitrogen and oxygen atoms in total. The van der Waals surface area contributed by atoms with Gasteiger partial charge in [0, 0.05) is 5.92 Å². The Kier molecular flexibility index (Phi) is 1.51. The van der Waals surface area contributed by atoms with E-state index < -0.39 is 5.79 Å². The van der Waals surface area contributed by atoms with Crippen LogP contribution >= 0.6 is 0 Å². The average Bonchev–Trinajstić information content (AvgIpc) is 2.23. The van der Waals surface area contributed by atoms with Gasteiger partial charge in [-0.05, 0) is 26.7 Å². The zero-order valence-electron chi connectivity index (χ0n) is 7.59. The summed E-state index contributed by atoms with van der Waals surface area (Å²) in [5, 5.41) is 0. The monoisotopic (exact) mass is 166 g/mol. The standard InChI is InChI=1S/C10H14O2/c1-4-8-5-10(6-8)7-11-9(2,3)12-10/h1,8H,5-7H2,2-3H3/t8-,10-. The average molecular weight is 166 g/mol. The lowest BCUT2D eigenvalue weighted by atomic mass is 9.72. The van der Waals surface area contributed by atoms with Gasteiger partial charge in [-0.2, -0.15) is 0 Å². The third-order valence-corrected chi connectivity index (χ3v) is 2.62. The molecule has 1 aliphatic carbocycles. The third-order valence-electron chi connectivity index (χ3n) is 2.62. The topological polar surface area (TPSA) is 18.5 Å². The molecule has 1 spiro atoms. The fourth-order valence-corrected chi connectivity index (χ4v) is 2.04. The third kappa shape index (κ3) is 1.14. The highest BCUT2D eigenvalue weighted by Gasteiger charge is 2.53. The van der Waals surface area contributed by atoms with Gasteiger partial charge in [0.15, 0.2) is 5.79 Å². The molecule has 2 rings (SSSR count). The van der Waals surface area contributed by atoms with Crippen molar-refractivity contribution in [2.24, 2.45) is 5.92 Å². The second-order valence-electron chi connectivity index (χ2n) is 4.25. The predicted molar refractivity (Wildman–Crippen MR) is 45.4 cm³/mol. The van der Waals surface area contributed by atoms with Crippen molar-refractivity contribution in [3.05, 3.63) is 0 Å². The quantitative estimate of drug-likeness (QED) is 0.508. The van der Waals surface area contributed by atoms with E-state index in [9.17, 15) is 0 Å². The van der Waals surface area contributed by atoms with E-state index in [0.29, 0.717) is 12.5 Å². The molecular weight excluding hydrogens is 152 g/mol. The molecular formula is C10H14O2. The molecule has 66 valence electrons. The smallest absolute Gasteiger partial charge is 0.163 e. The molecule has 1 saturated carbocycles. The van der Waals surface area contributed by atoms with Crippen LogP contribution in [0.1, 0.15) is 26.7 Å². The Morgan fingerprint density at radius 2 is 2.08 bits per heavy atom. The molecule has 0 N–H and O–H groups in total. The largest absolute Gasteiger partial charge is 0.347 e. The lowest BCUT2D eigenvalue weighted by molar-refractivity contribution is -0.183. The summed E-state index contributed by atoms with van der Waals surface area (Å²) in [6.07, 6.45) is 7.24. The minimum absolute atomic E-state index is 0.0411. The summed E-state index contributed by atoms with van der Waals surface area (Å²) in [5.74, 6) is 2.75. The van der Waals surface area contributed by atoms with Crippen LogP contribution in [0.2, 0.25) is 0 Å². The van der Waals surface area contributed by atoms with Crippen LogP contribution in [0.25, 0.3) is 0 Å². The Balaban J connectivity index is 1.98. The maximum atomic E-state index is 5.79.